The van der Waals surface area contributed by atoms with E-state index in [0.717, 1.165) is 5.56 Å². The summed E-state index contributed by atoms with van der Waals surface area (Å²) >= 11 is 0. The summed E-state index contributed by atoms with van der Waals surface area (Å²) in [5.41, 5.74) is 1.04. The van der Waals surface area contributed by atoms with Crippen molar-refractivity contribution in [2.24, 2.45) is 0 Å². The monoisotopic (exact) mass is 251 g/mol. The molecule has 0 bridgehead atoms. The summed E-state index contributed by atoms with van der Waals surface area (Å²) in [7, 11) is 0. The van der Waals surface area contributed by atoms with Gasteiger partial charge in [0.25, 0.3) is 0 Å². The van der Waals surface area contributed by atoms with Crippen molar-refractivity contribution in [1.82, 2.24) is 5.32 Å². The first-order valence-electron chi connectivity index (χ1n) is 5.76. The van der Waals surface area contributed by atoms with E-state index in [1.807, 2.05) is 30.3 Å². The van der Waals surface area contributed by atoms with Gasteiger partial charge in [-0.1, -0.05) is 30.3 Å². The summed E-state index contributed by atoms with van der Waals surface area (Å²) in [6.07, 6.45) is 0.952. The molecule has 5 heteroatoms. The zero-order valence-corrected chi connectivity index (χ0v) is 10.2. The number of hydrogen-bond acceptors (Lipinski definition) is 3. The van der Waals surface area contributed by atoms with Crippen molar-refractivity contribution in [1.29, 1.82) is 0 Å². The average molecular weight is 251 g/mol. The Morgan fingerprint density at radius 1 is 1.17 bits per heavy atom. The number of carboxylic acids is 2. The number of hydrogen-bond donors (Lipinski definition) is 3. The van der Waals surface area contributed by atoms with E-state index in [-0.39, 0.29) is 0 Å². The summed E-state index contributed by atoms with van der Waals surface area (Å²) in [5.74, 6) is -2.08. The Balaban J connectivity index is 2.53. The number of aliphatic carboxylic acids is 2. The Morgan fingerprint density at radius 2 is 1.78 bits per heavy atom. The van der Waals surface area contributed by atoms with Crippen LogP contribution in [0, 0.1) is 0 Å². The van der Waals surface area contributed by atoms with Gasteiger partial charge in [0.05, 0.1) is 0 Å². The Bertz CT molecular complexity index is 405. The van der Waals surface area contributed by atoms with Gasteiger partial charge < -0.3 is 10.2 Å². The molecule has 2 atom stereocenters. The highest BCUT2D eigenvalue weighted by molar-refractivity contribution is 5.77. The molecule has 0 aliphatic rings. The second-order valence-corrected chi connectivity index (χ2v) is 4.14. The van der Waals surface area contributed by atoms with E-state index in [0.29, 0.717) is 12.8 Å². The molecule has 18 heavy (non-hydrogen) atoms. The first-order valence-corrected chi connectivity index (χ1v) is 5.76. The van der Waals surface area contributed by atoms with E-state index in [1.165, 1.54) is 6.92 Å². The maximum atomic E-state index is 11.0. The number of benzene rings is 1. The van der Waals surface area contributed by atoms with Crippen LogP contribution in [0.25, 0.3) is 0 Å². The fourth-order valence-electron chi connectivity index (χ4n) is 1.61. The molecule has 0 radical (unpaired) electrons. The van der Waals surface area contributed by atoms with Gasteiger partial charge in [-0.15, -0.1) is 0 Å². The van der Waals surface area contributed by atoms with E-state index >= 15 is 0 Å². The van der Waals surface area contributed by atoms with Gasteiger partial charge in [0.15, 0.2) is 0 Å². The van der Waals surface area contributed by atoms with E-state index in [9.17, 15) is 9.59 Å². The van der Waals surface area contributed by atoms with Crippen LogP contribution in [-0.2, 0) is 16.0 Å². The van der Waals surface area contributed by atoms with Gasteiger partial charge >= 0.3 is 11.9 Å². The fraction of sp³-hybridized carbons (Fsp3) is 0.385. The van der Waals surface area contributed by atoms with Gasteiger partial charge in [0, 0.05) is 0 Å². The third-order valence-corrected chi connectivity index (χ3v) is 2.68. The number of carbonyl (C=O) groups is 2. The summed E-state index contributed by atoms with van der Waals surface area (Å²) < 4.78 is 0. The lowest BCUT2D eigenvalue weighted by molar-refractivity contribution is -0.142. The summed E-state index contributed by atoms with van der Waals surface area (Å²) in [5, 5.41) is 20.4. The van der Waals surface area contributed by atoms with E-state index in [2.05, 4.69) is 5.32 Å². The molecule has 0 amide bonds. The molecule has 5 nitrogen and oxygen atoms in total. The number of aryl methyl sites for hydroxylation is 1. The molecule has 1 aromatic carbocycles. The normalized spacial score (nSPS) is 13.8. The van der Waals surface area contributed by atoms with Gasteiger partial charge in [-0.3, -0.25) is 14.9 Å². The minimum atomic E-state index is -1.05. The average Bonchev–Trinajstić information content (AvgIpc) is 2.34. The molecule has 1 aromatic rings. The molecule has 0 saturated heterocycles. The van der Waals surface area contributed by atoms with Crippen molar-refractivity contribution in [2.45, 2.75) is 31.8 Å². The summed E-state index contributed by atoms with van der Waals surface area (Å²) in [6, 6.07) is 7.77. The first-order chi connectivity index (χ1) is 8.50. The molecule has 0 heterocycles. The Kier molecular flexibility index (Phi) is 5.32. The van der Waals surface area contributed by atoms with Gasteiger partial charge in [-0.05, 0) is 25.3 Å². The highest BCUT2D eigenvalue weighted by atomic mass is 16.4. The summed E-state index contributed by atoms with van der Waals surface area (Å²) in [4.78, 5) is 21.7. The van der Waals surface area contributed by atoms with Crippen LogP contribution in [0.4, 0.5) is 0 Å². The summed E-state index contributed by atoms with van der Waals surface area (Å²) in [6.45, 7) is 1.43. The molecule has 0 saturated carbocycles. The maximum Gasteiger partial charge on any atom is 0.320 e. The van der Waals surface area contributed by atoms with Crippen molar-refractivity contribution in [3.63, 3.8) is 0 Å². The lowest BCUT2D eigenvalue weighted by Gasteiger charge is -2.17. The van der Waals surface area contributed by atoms with Crippen LogP contribution in [0.15, 0.2) is 30.3 Å². The van der Waals surface area contributed by atoms with Crippen LogP contribution < -0.4 is 5.32 Å². The molecule has 0 aromatic heterocycles. The maximum absolute atomic E-state index is 11.0. The van der Waals surface area contributed by atoms with Crippen molar-refractivity contribution in [3.8, 4) is 0 Å². The molecule has 98 valence electrons. The van der Waals surface area contributed by atoms with Crippen LogP contribution in [-0.4, -0.2) is 34.2 Å². The minimum Gasteiger partial charge on any atom is -0.480 e. The standard InChI is InChI=1S/C13H17NO4/c1-9(12(15)16)14-11(13(17)18)8-7-10-5-3-2-4-6-10/h2-6,9,11,14H,7-8H2,1H3,(H,15,16)(H,17,18)/t9-,11+/m1/s1. The number of carboxylic acid groups (broad SMARTS) is 2. The molecule has 1 rings (SSSR count). The van der Waals surface area contributed by atoms with Gasteiger partial charge in [-0.25, -0.2) is 0 Å². The minimum absolute atomic E-state index is 0.358. The highest BCUT2D eigenvalue weighted by Crippen LogP contribution is 2.06. The van der Waals surface area contributed by atoms with Crippen molar-refractivity contribution in [2.75, 3.05) is 0 Å². The molecule has 0 aliphatic carbocycles. The van der Waals surface area contributed by atoms with Crippen molar-refractivity contribution in [3.05, 3.63) is 35.9 Å². The topological polar surface area (TPSA) is 86.6 Å². The zero-order valence-electron chi connectivity index (χ0n) is 10.2. The number of rotatable bonds is 7. The van der Waals surface area contributed by atoms with Gasteiger partial charge in [0.1, 0.15) is 12.1 Å². The molecule has 0 spiro atoms. The van der Waals surface area contributed by atoms with Gasteiger partial charge in [0.2, 0.25) is 0 Å². The largest absolute Gasteiger partial charge is 0.480 e. The van der Waals surface area contributed by atoms with Crippen LogP contribution in [0.1, 0.15) is 18.9 Å². The Labute approximate surface area is 105 Å². The molecular weight excluding hydrogens is 234 g/mol. The third kappa shape index (κ3) is 4.55. The second kappa shape index (κ2) is 6.76. The highest BCUT2D eigenvalue weighted by Gasteiger charge is 2.22. The molecular formula is C13H17NO4. The number of nitrogens with one attached hydrogen (secondary N) is 1. The van der Waals surface area contributed by atoms with Crippen molar-refractivity contribution >= 4 is 11.9 Å². The first kappa shape index (κ1) is 14.2. The third-order valence-electron chi connectivity index (χ3n) is 2.68. The van der Waals surface area contributed by atoms with Crippen LogP contribution >= 0.6 is 0 Å². The predicted octanol–water partition coefficient (Wildman–Crippen LogP) is 1.14. The Hall–Kier alpha value is -1.88. The zero-order chi connectivity index (χ0) is 13.5. The predicted molar refractivity (Wildman–Crippen MR) is 66.4 cm³/mol. The van der Waals surface area contributed by atoms with Crippen LogP contribution in [0.3, 0.4) is 0 Å². The second-order valence-electron chi connectivity index (χ2n) is 4.14. The molecule has 0 unspecified atom stereocenters. The fourth-order valence-corrected chi connectivity index (χ4v) is 1.61. The van der Waals surface area contributed by atoms with E-state index < -0.39 is 24.0 Å². The molecule has 0 fully saturated rings. The van der Waals surface area contributed by atoms with E-state index in [4.69, 9.17) is 10.2 Å². The van der Waals surface area contributed by atoms with Crippen molar-refractivity contribution < 1.29 is 19.8 Å². The lowest BCUT2D eigenvalue weighted by Crippen LogP contribution is -2.45. The lowest BCUT2D eigenvalue weighted by atomic mass is 10.0. The molecule has 3 N–H and O–H groups in total. The van der Waals surface area contributed by atoms with Crippen LogP contribution in [0.5, 0.6) is 0 Å². The van der Waals surface area contributed by atoms with E-state index in [1.54, 1.807) is 0 Å². The SMILES string of the molecule is C[C@@H](N[C@@H](CCc1ccccc1)C(=O)O)C(=O)O. The van der Waals surface area contributed by atoms with Gasteiger partial charge in [-0.2, -0.15) is 0 Å². The molecule has 0 aliphatic heterocycles. The van der Waals surface area contributed by atoms with Crippen LogP contribution in [0.2, 0.25) is 0 Å². The smallest absolute Gasteiger partial charge is 0.320 e. The Morgan fingerprint density at radius 3 is 2.28 bits per heavy atom. The quantitative estimate of drug-likeness (QED) is 0.676.